The number of rotatable bonds is 5. The Morgan fingerprint density at radius 3 is 2.52 bits per heavy atom. The quantitative estimate of drug-likeness (QED) is 0.701. The predicted octanol–water partition coefficient (Wildman–Crippen LogP) is 3.35. The van der Waals surface area contributed by atoms with Gasteiger partial charge in [-0.25, -0.2) is 0 Å². The van der Waals surface area contributed by atoms with Gasteiger partial charge in [0, 0.05) is 29.1 Å². The monoisotopic (exact) mass is 374 g/mol. The molecule has 25 heavy (non-hydrogen) atoms. The van der Waals surface area contributed by atoms with E-state index in [0.29, 0.717) is 11.2 Å². The highest BCUT2D eigenvalue weighted by Gasteiger charge is 2.28. The van der Waals surface area contributed by atoms with Gasteiger partial charge in [0.05, 0.1) is 19.6 Å². The van der Waals surface area contributed by atoms with Crippen molar-refractivity contribution in [1.29, 1.82) is 0 Å². The standard InChI is InChI=1S/C20H24ClN3S/c1-15-8-2-5-11-18(15)23-20(25)22-14-19(24-12-6-7-13-24)16-9-3-4-10-17(16)21/h2-5,8-11,19H,6-7,12-14H2,1H3,(H2,22,23,25)/p+1/t19-/m0/s1. The summed E-state index contributed by atoms with van der Waals surface area (Å²) in [5.41, 5.74) is 3.43. The number of hydrogen-bond donors (Lipinski definition) is 3. The highest BCUT2D eigenvalue weighted by Crippen LogP contribution is 2.21. The Kier molecular flexibility index (Phi) is 6.29. The Balaban J connectivity index is 1.67. The largest absolute Gasteiger partial charge is 0.356 e. The molecule has 0 unspecified atom stereocenters. The van der Waals surface area contributed by atoms with Crippen LogP contribution in [-0.4, -0.2) is 24.7 Å². The molecule has 132 valence electrons. The molecule has 0 aromatic heterocycles. The van der Waals surface area contributed by atoms with Gasteiger partial charge in [0.15, 0.2) is 5.11 Å². The predicted molar refractivity (Wildman–Crippen MR) is 110 cm³/mol. The summed E-state index contributed by atoms with van der Waals surface area (Å²) < 4.78 is 0. The van der Waals surface area contributed by atoms with E-state index in [1.165, 1.54) is 37.1 Å². The summed E-state index contributed by atoms with van der Waals surface area (Å²) in [6, 6.07) is 16.6. The van der Waals surface area contributed by atoms with E-state index >= 15 is 0 Å². The summed E-state index contributed by atoms with van der Waals surface area (Å²) in [6.45, 7) is 5.23. The molecule has 3 N–H and O–H groups in total. The highest BCUT2D eigenvalue weighted by atomic mass is 35.5. The van der Waals surface area contributed by atoms with Crippen LogP contribution in [0.5, 0.6) is 0 Å². The molecule has 1 saturated heterocycles. The number of hydrogen-bond acceptors (Lipinski definition) is 1. The van der Waals surface area contributed by atoms with Crippen molar-refractivity contribution in [3.63, 3.8) is 0 Å². The van der Waals surface area contributed by atoms with Crippen molar-refractivity contribution in [2.45, 2.75) is 25.8 Å². The summed E-state index contributed by atoms with van der Waals surface area (Å²) in [7, 11) is 0. The maximum atomic E-state index is 6.47. The van der Waals surface area contributed by atoms with E-state index in [1.807, 2.05) is 30.3 Å². The van der Waals surface area contributed by atoms with E-state index in [1.54, 1.807) is 4.90 Å². The van der Waals surface area contributed by atoms with Crippen LogP contribution in [0.25, 0.3) is 0 Å². The second kappa shape index (κ2) is 8.65. The van der Waals surface area contributed by atoms with E-state index in [0.717, 1.165) is 17.3 Å². The molecule has 1 aliphatic rings. The Bertz CT molecular complexity index is 728. The smallest absolute Gasteiger partial charge is 0.171 e. The highest BCUT2D eigenvalue weighted by molar-refractivity contribution is 7.80. The van der Waals surface area contributed by atoms with Crippen LogP contribution in [0.4, 0.5) is 5.69 Å². The van der Waals surface area contributed by atoms with Gasteiger partial charge in [-0.3, -0.25) is 0 Å². The third-order valence-electron chi connectivity index (χ3n) is 4.88. The first-order valence-corrected chi connectivity index (χ1v) is 9.63. The molecule has 1 aliphatic heterocycles. The average molecular weight is 375 g/mol. The van der Waals surface area contributed by atoms with Gasteiger partial charge >= 0.3 is 0 Å². The molecule has 0 spiro atoms. The van der Waals surface area contributed by atoms with Crippen molar-refractivity contribution in [3.05, 3.63) is 64.7 Å². The van der Waals surface area contributed by atoms with Crippen LogP contribution in [0.1, 0.15) is 30.0 Å². The van der Waals surface area contributed by atoms with Crippen LogP contribution in [0, 0.1) is 6.92 Å². The number of benzene rings is 2. The molecule has 3 nitrogen and oxygen atoms in total. The van der Waals surface area contributed by atoms with Crippen LogP contribution in [-0.2, 0) is 0 Å². The Hall–Kier alpha value is -1.62. The van der Waals surface area contributed by atoms with Crippen LogP contribution < -0.4 is 15.5 Å². The molecule has 1 atom stereocenters. The lowest BCUT2D eigenvalue weighted by molar-refractivity contribution is -0.918. The normalized spacial score (nSPS) is 15.8. The molecule has 1 fully saturated rings. The number of para-hydroxylation sites is 1. The number of anilines is 1. The molecule has 0 bridgehead atoms. The van der Waals surface area contributed by atoms with Crippen LogP contribution in [0.2, 0.25) is 5.02 Å². The van der Waals surface area contributed by atoms with Gasteiger partial charge in [0.2, 0.25) is 0 Å². The summed E-state index contributed by atoms with van der Waals surface area (Å²) in [6.07, 6.45) is 2.56. The zero-order valence-electron chi connectivity index (χ0n) is 14.5. The summed E-state index contributed by atoms with van der Waals surface area (Å²) in [4.78, 5) is 1.58. The summed E-state index contributed by atoms with van der Waals surface area (Å²) in [5, 5.41) is 8.20. The first-order chi connectivity index (χ1) is 12.1. The Morgan fingerprint density at radius 1 is 1.12 bits per heavy atom. The first-order valence-electron chi connectivity index (χ1n) is 8.84. The van der Waals surface area contributed by atoms with Crippen molar-refractivity contribution in [2.24, 2.45) is 0 Å². The second-order valence-corrected chi connectivity index (χ2v) is 7.40. The van der Waals surface area contributed by atoms with Crippen molar-refractivity contribution < 1.29 is 4.90 Å². The molecule has 0 saturated carbocycles. The molecule has 2 aromatic carbocycles. The number of quaternary nitrogens is 1. The third-order valence-corrected chi connectivity index (χ3v) is 5.47. The summed E-state index contributed by atoms with van der Waals surface area (Å²) in [5.74, 6) is 0. The van der Waals surface area contributed by atoms with Gasteiger partial charge in [-0.1, -0.05) is 48.0 Å². The molecule has 0 aliphatic carbocycles. The van der Waals surface area contributed by atoms with E-state index in [-0.39, 0.29) is 0 Å². The first kappa shape index (κ1) is 18.2. The Labute approximate surface area is 160 Å². The zero-order chi connectivity index (χ0) is 17.6. The molecule has 5 heteroatoms. The van der Waals surface area contributed by atoms with Crippen molar-refractivity contribution in [3.8, 4) is 0 Å². The number of halogens is 1. The SMILES string of the molecule is Cc1ccccc1NC(=S)NC[C@@H](c1ccccc1Cl)[NH+]1CCCC1. The lowest BCUT2D eigenvalue weighted by Crippen LogP contribution is -3.11. The van der Waals surface area contributed by atoms with Crippen molar-refractivity contribution >= 4 is 34.6 Å². The van der Waals surface area contributed by atoms with Gasteiger partial charge in [0.1, 0.15) is 6.04 Å². The topological polar surface area (TPSA) is 28.5 Å². The Morgan fingerprint density at radius 2 is 1.80 bits per heavy atom. The molecular formula is C20H25ClN3S+. The molecular weight excluding hydrogens is 350 g/mol. The van der Waals surface area contributed by atoms with Crippen LogP contribution in [0.3, 0.4) is 0 Å². The minimum Gasteiger partial charge on any atom is -0.356 e. The molecule has 1 heterocycles. The third kappa shape index (κ3) is 4.72. The lowest BCUT2D eigenvalue weighted by Gasteiger charge is -2.26. The van der Waals surface area contributed by atoms with E-state index in [2.05, 4.69) is 35.8 Å². The molecule has 0 amide bonds. The van der Waals surface area contributed by atoms with E-state index in [9.17, 15) is 0 Å². The average Bonchev–Trinajstić information content (AvgIpc) is 3.13. The van der Waals surface area contributed by atoms with Gasteiger partial charge in [-0.15, -0.1) is 0 Å². The minimum atomic E-state index is 0.313. The number of thiocarbonyl (C=S) groups is 1. The minimum absolute atomic E-state index is 0.313. The lowest BCUT2D eigenvalue weighted by atomic mass is 10.1. The molecule has 3 rings (SSSR count). The fourth-order valence-electron chi connectivity index (χ4n) is 3.48. The van der Waals surface area contributed by atoms with Gasteiger partial charge in [0.25, 0.3) is 0 Å². The number of likely N-dealkylation sites (tertiary alicyclic amines) is 1. The fourth-order valence-corrected chi connectivity index (χ4v) is 3.94. The van der Waals surface area contributed by atoms with E-state index in [4.69, 9.17) is 23.8 Å². The molecule has 0 radical (unpaired) electrons. The second-order valence-electron chi connectivity index (χ2n) is 6.59. The van der Waals surface area contributed by atoms with E-state index < -0.39 is 0 Å². The number of nitrogens with one attached hydrogen (secondary N) is 3. The van der Waals surface area contributed by atoms with Crippen LogP contribution in [0.15, 0.2) is 48.5 Å². The van der Waals surface area contributed by atoms with Gasteiger partial charge in [-0.2, -0.15) is 0 Å². The van der Waals surface area contributed by atoms with Crippen molar-refractivity contribution in [1.82, 2.24) is 5.32 Å². The van der Waals surface area contributed by atoms with Gasteiger partial charge in [-0.05, 0) is 36.8 Å². The maximum Gasteiger partial charge on any atom is 0.171 e. The summed E-state index contributed by atoms with van der Waals surface area (Å²) >= 11 is 12.0. The van der Waals surface area contributed by atoms with Gasteiger partial charge < -0.3 is 15.5 Å². The van der Waals surface area contributed by atoms with Crippen LogP contribution >= 0.6 is 23.8 Å². The maximum absolute atomic E-state index is 6.47. The molecule has 2 aromatic rings. The number of aryl methyl sites for hydroxylation is 1. The fraction of sp³-hybridized carbons (Fsp3) is 0.350. The van der Waals surface area contributed by atoms with Crippen molar-refractivity contribution in [2.75, 3.05) is 25.0 Å². The zero-order valence-corrected chi connectivity index (χ0v) is 16.1.